The van der Waals surface area contributed by atoms with E-state index in [2.05, 4.69) is 17.6 Å². The van der Waals surface area contributed by atoms with Gasteiger partial charge in [-0.2, -0.15) is 0 Å². The second-order valence-electron chi connectivity index (χ2n) is 4.52. The Bertz CT molecular complexity index is 543. The van der Waals surface area contributed by atoms with Crippen LogP contribution in [0.3, 0.4) is 0 Å². The maximum absolute atomic E-state index is 5.71. The zero-order valence-corrected chi connectivity index (χ0v) is 11.8. The Morgan fingerprint density at radius 1 is 1.05 bits per heavy atom. The van der Waals surface area contributed by atoms with Gasteiger partial charge >= 0.3 is 0 Å². The van der Waals surface area contributed by atoms with Crippen molar-refractivity contribution >= 4 is 0 Å². The summed E-state index contributed by atoms with van der Waals surface area (Å²) >= 11 is 0. The predicted molar refractivity (Wildman–Crippen MR) is 79.8 cm³/mol. The normalized spacial score (nSPS) is 11.9. The molecule has 0 aliphatic heterocycles. The summed E-state index contributed by atoms with van der Waals surface area (Å²) in [5.41, 5.74) is 5.09. The number of ether oxygens (including phenoxy) is 2. The van der Waals surface area contributed by atoms with Crippen LogP contribution in [0.25, 0.3) is 0 Å². The summed E-state index contributed by atoms with van der Waals surface area (Å²) in [7, 11) is 3.28. The Labute approximate surface area is 119 Å². The number of nitrogens with one attached hydrogen (secondary N) is 1. The van der Waals surface area contributed by atoms with Gasteiger partial charge in [-0.1, -0.05) is 36.4 Å². The van der Waals surface area contributed by atoms with Crippen LogP contribution in [0.15, 0.2) is 48.5 Å². The first kappa shape index (κ1) is 14.4. The summed E-state index contributed by atoms with van der Waals surface area (Å²) in [6, 6.07) is 16.0. The molecule has 0 heterocycles. The smallest absolute Gasteiger partial charge is 0.127 e. The molecule has 4 heteroatoms. The molecule has 3 N–H and O–H groups in total. The molecule has 4 nitrogen and oxygen atoms in total. The molecule has 0 amide bonds. The Morgan fingerprint density at radius 3 is 2.40 bits per heavy atom. The monoisotopic (exact) mass is 272 g/mol. The average Bonchev–Trinajstić information content (AvgIpc) is 2.53. The van der Waals surface area contributed by atoms with E-state index in [4.69, 9.17) is 15.3 Å². The van der Waals surface area contributed by atoms with Crippen LogP contribution in [0, 0.1) is 0 Å². The molecule has 1 atom stereocenters. The van der Waals surface area contributed by atoms with Gasteiger partial charge in [-0.15, -0.1) is 0 Å². The van der Waals surface area contributed by atoms with Crippen LogP contribution in [-0.4, -0.2) is 14.2 Å². The van der Waals surface area contributed by atoms with Crippen LogP contribution in [-0.2, 0) is 6.42 Å². The number of rotatable bonds is 6. The molecule has 0 saturated carbocycles. The maximum Gasteiger partial charge on any atom is 0.127 e. The summed E-state index contributed by atoms with van der Waals surface area (Å²) in [4.78, 5) is 0. The zero-order chi connectivity index (χ0) is 14.4. The predicted octanol–water partition coefficient (Wildman–Crippen LogP) is 2.45. The van der Waals surface area contributed by atoms with Gasteiger partial charge in [0.05, 0.1) is 20.3 Å². The summed E-state index contributed by atoms with van der Waals surface area (Å²) in [5.74, 6) is 7.24. The van der Waals surface area contributed by atoms with Crippen molar-refractivity contribution in [3.63, 3.8) is 0 Å². The molecule has 1 unspecified atom stereocenters. The topological polar surface area (TPSA) is 56.5 Å². The molecule has 0 spiro atoms. The molecule has 0 aromatic heterocycles. The number of nitrogens with two attached hydrogens (primary N) is 1. The second-order valence-corrected chi connectivity index (χ2v) is 4.52. The minimum Gasteiger partial charge on any atom is -0.497 e. The molecule has 0 radical (unpaired) electrons. The van der Waals surface area contributed by atoms with E-state index < -0.39 is 0 Å². The average molecular weight is 272 g/mol. The van der Waals surface area contributed by atoms with Crippen molar-refractivity contribution < 1.29 is 9.47 Å². The maximum atomic E-state index is 5.71. The lowest BCUT2D eigenvalue weighted by Crippen LogP contribution is -2.29. The van der Waals surface area contributed by atoms with Crippen molar-refractivity contribution in [1.29, 1.82) is 0 Å². The standard InChI is InChI=1S/C16H20N2O2/c1-19-13-8-9-14(16(11-13)20-2)15(18-17)10-12-6-4-3-5-7-12/h3-9,11,15,18H,10,17H2,1-2H3. The fourth-order valence-corrected chi connectivity index (χ4v) is 2.21. The van der Waals surface area contributed by atoms with Gasteiger partial charge in [0.25, 0.3) is 0 Å². The highest BCUT2D eigenvalue weighted by Crippen LogP contribution is 2.30. The van der Waals surface area contributed by atoms with Crippen molar-refractivity contribution in [3.05, 3.63) is 59.7 Å². The fraction of sp³-hybridized carbons (Fsp3) is 0.250. The van der Waals surface area contributed by atoms with E-state index in [-0.39, 0.29) is 6.04 Å². The van der Waals surface area contributed by atoms with Crippen molar-refractivity contribution in [2.75, 3.05) is 14.2 Å². The summed E-state index contributed by atoms with van der Waals surface area (Å²) in [6.45, 7) is 0. The lowest BCUT2D eigenvalue weighted by atomic mass is 9.98. The van der Waals surface area contributed by atoms with E-state index in [0.717, 1.165) is 23.5 Å². The number of hydrogen-bond donors (Lipinski definition) is 2. The lowest BCUT2D eigenvalue weighted by molar-refractivity contribution is 0.384. The first-order chi connectivity index (χ1) is 9.78. The Balaban J connectivity index is 2.27. The van der Waals surface area contributed by atoms with Crippen molar-refractivity contribution in [1.82, 2.24) is 5.43 Å². The Kier molecular flexibility index (Phi) is 4.98. The summed E-state index contributed by atoms with van der Waals surface area (Å²) in [6.07, 6.45) is 0.792. The molecule has 0 bridgehead atoms. The van der Waals surface area contributed by atoms with E-state index in [1.165, 1.54) is 5.56 Å². The van der Waals surface area contributed by atoms with Crippen molar-refractivity contribution in [2.24, 2.45) is 5.84 Å². The highest BCUT2D eigenvalue weighted by Gasteiger charge is 2.16. The molecule has 106 valence electrons. The van der Waals surface area contributed by atoms with Gasteiger partial charge in [0.2, 0.25) is 0 Å². The molecule has 20 heavy (non-hydrogen) atoms. The molecular formula is C16H20N2O2. The zero-order valence-electron chi connectivity index (χ0n) is 11.8. The van der Waals surface area contributed by atoms with E-state index in [1.807, 2.05) is 36.4 Å². The van der Waals surface area contributed by atoms with Gasteiger partial charge in [0, 0.05) is 11.6 Å². The van der Waals surface area contributed by atoms with Gasteiger partial charge < -0.3 is 9.47 Å². The number of hydrogen-bond acceptors (Lipinski definition) is 4. The molecule has 2 rings (SSSR count). The summed E-state index contributed by atoms with van der Waals surface area (Å²) < 4.78 is 10.6. The van der Waals surface area contributed by atoms with Crippen LogP contribution in [0.4, 0.5) is 0 Å². The first-order valence-electron chi connectivity index (χ1n) is 6.50. The van der Waals surface area contributed by atoms with E-state index in [1.54, 1.807) is 14.2 Å². The molecule has 2 aromatic carbocycles. The van der Waals surface area contributed by atoms with Crippen LogP contribution in [0.2, 0.25) is 0 Å². The van der Waals surface area contributed by atoms with Gasteiger partial charge in [-0.3, -0.25) is 11.3 Å². The number of hydrazine groups is 1. The summed E-state index contributed by atoms with van der Waals surface area (Å²) in [5, 5.41) is 0. The van der Waals surface area contributed by atoms with Gasteiger partial charge in [0.15, 0.2) is 0 Å². The molecule has 0 aliphatic rings. The van der Waals surface area contributed by atoms with Crippen LogP contribution in [0.5, 0.6) is 11.5 Å². The number of methoxy groups -OCH3 is 2. The Hall–Kier alpha value is -2.04. The fourth-order valence-electron chi connectivity index (χ4n) is 2.21. The van der Waals surface area contributed by atoms with Crippen molar-refractivity contribution in [2.45, 2.75) is 12.5 Å². The minimum absolute atomic E-state index is 0.0155. The van der Waals surface area contributed by atoms with Crippen LogP contribution < -0.4 is 20.7 Å². The highest BCUT2D eigenvalue weighted by molar-refractivity contribution is 5.43. The van der Waals surface area contributed by atoms with Crippen LogP contribution in [0.1, 0.15) is 17.2 Å². The molecule has 0 aliphatic carbocycles. The number of benzene rings is 2. The third-order valence-electron chi connectivity index (χ3n) is 3.30. The van der Waals surface area contributed by atoms with Crippen molar-refractivity contribution in [3.8, 4) is 11.5 Å². The Morgan fingerprint density at radius 2 is 1.80 bits per heavy atom. The second kappa shape index (κ2) is 6.93. The van der Waals surface area contributed by atoms with Crippen LogP contribution >= 0.6 is 0 Å². The quantitative estimate of drug-likeness (QED) is 0.626. The third-order valence-corrected chi connectivity index (χ3v) is 3.30. The van der Waals surface area contributed by atoms with E-state index in [0.29, 0.717) is 0 Å². The van der Waals surface area contributed by atoms with E-state index in [9.17, 15) is 0 Å². The third kappa shape index (κ3) is 3.29. The van der Waals surface area contributed by atoms with Gasteiger partial charge in [-0.25, -0.2) is 0 Å². The van der Waals surface area contributed by atoms with E-state index >= 15 is 0 Å². The SMILES string of the molecule is COc1ccc(C(Cc2ccccc2)NN)c(OC)c1. The van der Waals surface area contributed by atoms with Gasteiger partial charge in [0.1, 0.15) is 11.5 Å². The lowest BCUT2D eigenvalue weighted by Gasteiger charge is -2.19. The molecule has 2 aromatic rings. The minimum atomic E-state index is -0.0155. The largest absolute Gasteiger partial charge is 0.497 e. The van der Waals surface area contributed by atoms with Gasteiger partial charge in [-0.05, 0) is 18.1 Å². The molecule has 0 saturated heterocycles. The molecular weight excluding hydrogens is 252 g/mol. The highest BCUT2D eigenvalue weighted by atomic mass is 16.5. The molecule has 0 fully saturated rings. The first-order valence-corrected chi connectivity index (χ1v) is 6.50.